The predicted octanol–water partition coefficient (Wildman–Crippen LogP) is 2.02. The van der Waals surface area contributed by atoms with E-state index in [-0.39, 0.29) is 28.6 Å². The molecule has 4 rings (SSSR count). The molecule has 2 N–H and O–H groups in total. The van der Waals surface area contributed by atoms with Crippen molar-refractivity contribution in [3.05, 3.63) is 51.2 Å². The molecular weight excluding hydrogens is 360 g/mol. The predicted molar refractivity (Wildman–Crippen MR) is 102 cm³/mol. The second-order valence-electron chi connectivity index (χ2n) is 7.61. The first kappa shape index (κ1) is 18.5. The van der Waals surface area contributed by atoms with E-state index < -0.39 is 5.97 Å². The van der Waals surface area contributed by atoms with Gasteiger partial charge < -0.3 is 15.0 Å². The first-order valence-electron chi connectivity index (χ1n) is 9.84. The van der Waals surface area contributed by atoms with Gasteiger partial charge in [0.2, 0.25) is 0 Å². The standard InChI is InChI=1S/C20H24N4O4/c25-18-16(10-13-4-2-1-3-5-17(13)22-18)19(26)23-8-6-15(7-9-23)24-12-14(11-21-24)20(27)28/h10-12,15H,1-9H2,(H,22,25)(H,27,28). The minimum Gasteiger partial charge on any atom is -0.478 e. The molecule has 0 spiro atoms. The van der Waals surface area contributed by atoms with Crippen molar-refractivity contribution >= 4 is 11.9 Å². The van der Waals surface area contributed by atoms with Crippen LogP contribution in [0.5, 0.6) is 0 Å². The molecule has 0 saturated carbocycles. The van der Waals surface area contributed by atoms with Crippen molar-refractivity contribution in [2.45, 2.75) is 51.0 Å². The molecule has 3 heterocycles. The summed E-state index contributed by atoms with van der Waals surface area (Å²) in [6.07, 6.45) is 9.29. The average Bonchev–Trinajstić information content (AvgIpc) is 3.09. The molecule has 1 aliphatic carbocycles. The third-order valence-corrected chi connectivity index (χ3v) is 5.79. The second-order valence-corrected chi connectivity index (χ2v) is 7.61. The molecular formula is C20H24N4O4. The van der Waals surface area contributed by atoms with Crippen molar-refractivity contribution in [1.82, 2.24) is 19.7 Å². The third kappa shape index (κ3) is 3.58. The van der Waals surface area contributed by atoms with E-state index in [2.05, 4.69) is 10.1 Å². The first-order chi connectivity index (χ1) is 13.5. The Bertz CT molecular complexity index is 953. The fraction of sp³-hybridized carbons (Fsp3) is 0.500. The molecule has 8 heteroatoms. The topological polar surface area (TPSA) is 108 Å². The van der Waals surface area contributed by atoms with Gasteiger partial charge in [-0.05, 0) is 50.2 Å². The van der Waals surface area contributed by atoms with Gasteiger partial charge in [0.15, 0.2) is 0 Å². The quantitative estimate of drug-likeness (QED) is 0.787. The highest BCUT2D eigenvalue weighted by molar-refractivity contribution is 5.94. The van der Waals surface area contributed by atoms with E-state index in [1.807, 2.05) is 0 Å². The van der Waals surface area contributed by atoms with Gasteiger partial charge >= 0.3 is 5.97 Å². The number of hydrogen-bond donors (Lipinski definition) is 2. The number of H-pyrrole nitrogens is 1. The van der Waals surface area contributed by atoms with Crippen molar-refractivity contribution < 1.29 is 14.7 Å². The fourth-order valence-corrected chi connectivity index (χ4v) is 4.16. The molecule has 0 bridgehead atoms. The number of pyridine rings is 1. The van der Waals surface area contributed by atoms with Crippen molar-refractivity contribution in [3.8, 4) is 0 Å². The number of carbonyl (C=O) groups is 2. The number of carbonyl (C=O) groups excluding carboxylic acids is 1. The second kappa shape index (κ2) is 7.61. The Hall–Kier alpha value is -2.90. The monoisotopic (exact) mass is 384 g/mol. The Balaban J connectivity index is 1.46. The molecule has 148 valence electrons. The normalized spacial score (nSPS) is 17.8. The summed E-state index contributed by atoms with van der Waals surface area (Å²) in [5.41, 5.74) is 2.16. The van der Waals surface area contributed by atoms with Crippen molar-refractivity contribution in [3.63, 3.8) is 0 Å². The summed E-state index contributed by atoms with van der Waals surface area (Å²) >= 11 is 0. The summed E-state index contributed by atoms with van der Waals surface area (Å²) in [4.78, 5) is 41.1. The summed E-state index contributed by atoms with van der Waals surface area (Å²) in [6.45, 7) is 1.03. The van der Waals surface area contributed by atoms with Gasteiger partial charge in [-0.3, -0.25) is 14.3 Å². The number of rotatable bonds is 3. The molecule has 1 amide bonds. The summed E-state index contributed by atoms with van der Waals surface area (Å²) in [5.74, 6) is -1.22. The van der Waals surface area contributed by atoms with Gasteiger partial charge in [-0.2, -0.15) is 5.10 Å². The van der Waals surface area contributed by atoms with E-state index in [0.29, 0.717) is 25.9 Å². The molecule has 1 saturated heterocycles. The van der Waals surface area contributed by atoms with E-state index in [9.17, 15) is 14.4 Å². The van der Waals surface area contributed by atoms with Crippen molar-refractivity contribution in [1.29, 1.82) is 0 Å². The summed E-state index contributed by atoms with van der Waals surface area (Å²) in [6, 6.07) is 1.85. The highest BCUT2D eigenvalue weighted by Crippen LogP contribution is 2.24. The maximum atomic E-state index is 12.9. The lowest BCUT2D eigenvalue weighted by Crippen LogP contribution is -2.41. The molecule has 28 heavy (non-hydrogen) atoms. The Morgan fingerprint density at radius 3 is 2.61 bits per heavy atom. The molecule has 0 radical (unpaired) electrons. The molecule has 1 fully saturated rings. The van der Waals surface area contributed by atoms with Crippen LogP contribution in [0, 0.1) is 0 Å². The van der Waals surface area contributed by atoms with Crippen LogP contribution >= 0.6 is 0 Å². The summed E-state index contributed by atoms with van der Waals surface area (Å²) < 4.78 is 1.67. The van der Waals surface area contributed by atoms with Gasteiger partial charge in [0.25, 0.3) is 11.5 Å². The highest BCUT2D eigenvalue weighted by atomic mass is 16.4. The Morgan fingerprint density at radius 1 is 1.14 bits per heavy atom. The summed E-state index contributed by atoms with van der Waals surface area (Å²) in [7, 11) is 0. The zero-order chi connectivity index (χ0) is 19.7. The van der Waals surface area contributed by atoms with E-state index in [1.54, 1.807) is 15.6 Å². The van der Waals surface area contributed by atoms with Crippen LogP contribution in [0.4, 0.5) is 0 Å². The number of nitrogens with one attached hydrogen (secondary N) is 1. The smallest absolute Gasteiger partial charge is 0.338 e. The average molecular weight is 384 g/mol. The van der Waals surface area contributed by atoms with Crippen molar-refractivity contribution in [2.75, 3.05) is 13.1 Å². The highest BCUT2D eigenvalue weighted by Gasteiger charge is 2.27. The maximum Gasteiger partial charge on any atom is 0.338 e. The number of carboxylic acids is 1. The Morgan fingerprint density at radius 2 is 1.89 bits per heavy atom. The third-order valence-electron chi connectivity index (χ3n) is 5.79. The molecule has 0 unspecified atom stereocenters. The minimum absolute atomic E-state index is 0.0579. The molecule has 8 nitrogen and oxygen atoms in total. The number of likely N-dealkylation sites (tertiary alicyclic amines) is 1. The number of aromatic amines is 1. The molecule has 0 aromatic carbocycles. The Labute approximate surface area is 162 Å². The number of piperidine rings is 1. The zero-order valence-corrected chi connectivity index (χ0v) is 15.7. The summed E-state index contributed by atoms with van der Waals surface area (Å²) in [5, 5.41) is 13.2. The lowest BCUT2D eigenvalue weighted by molar-refractivity contribution is 0.0686. The van der Waals surface area contributed by atoms with Crippen LogP contribution in [0.25, 0.3) is 0 Å². The number of aromatic carboxylic acids is 1. The number of hydrogen-bond acceptors (Lipinski definition) is 4. The van der Waals surface area contributed by atoms with Gasteiger partial charge in [-0.1, -0.05) is 6.42 Å². The largest absolute Gasteiger partial charge is 0.478 e. The van der Waals surface area contributed by atoms with Gasteiger partial charge in [-0.15, -0.1) is 0 Å². The number of aryl methyl sites for hydroxylation is 2. The number of nitrogens with zero attached hydrogens (tertiary/aromatic N) is 3. The van der Waals surface area contributed by atoms with E-state index in [4.69, 9.17) is 5.11 Å². The van der Waals surface area contributed by atoms with E-state index >= 15 is 0 Å². The van der Waals surface area contributed by atoms with Gasteiger partial charge in [0, 0.05) is 25.0 Å². The van der Waals surface area contributed by atoms with E-state index in [1.165, 1.54) is 12.4 Å². The first-order valence-corrected chi connectivity index (χ1v) is 9.84. The molecule has 2 aliphatic rings. The SMILES string of the molecule is O=C(O)c1cnn(C2CCN(C(=O)c3cc4c([nH]c3=O)CCCCC4)CC2)c1. The van der Waals surface area contributed by atoms with Gasteiger partial charge in [0.1, 0.15) is 5.56 Å². The van der Waals surface area contributed by atoms with Crippen LogP contribution in [-0.4, -0.2) is 49.7 Å². The number of fused-ring (bicyclic) bond motifs is 1. The minimum atomic E-state index is -0.999. The molecule has 1 aliphatic heterocycles. The lowest BCUT2D eigenvalue weighted by Gasteiger charge is -2.32. The molecule has 2 aromatic rings. The lowest BCUT2D eigenvalue weighted by atomic mass is 10.0. The molecule has 0 atom stereocenters. The number of aromatic nitrogens is 3. The van der Waals surface area contributed by atoms with Crippen LogP contribution in [0.3, 0.4) is 0 Å². The fourth-order valence-electron chi connectivity index (χ4n) is 4.16. The van der Waals surface area contributed by atoms with Crippen LogP contribution in [0.15, 0.2) is 23.3 Å². The number of amides is 1. The van der Waals surface area contributed by atoms with Crippen LogP contribution in [-0.2, 0) is 12.8 Å². The zero-order valence-electron chi connectivity index (χ0n) is 15.7. The van der Waals surface area contributed by atoms with Crippen LogP contribution < -0.4 is 5.56 Å². The van der Waals surface area contributed by atoms with E-state index in [0.717, 1.165) is 43.4 Å². The van der Waals surface area contributed by atoms with Crippen LogP contribution in [0.2, 0.25) is 0 Å². The van der Waals surface area contributed by atoms with Gasteiger partial charge in [0.05, 0.1) is 17.8 Å². The Kier molecular flexibility index (Phi) is 5.02. The van der Waals surface area contributed by atoms with Gasteiger partial charge in [-0.25, -0.2) is 4.79 Å². The molecule has 2 aromatic heterocycles. The van der Waals surface area contributed by atoms with Crippen LogP contribution in [0.1, 0.15) is 70.1 Å². The number of carboxylic acid groups (broad SMARTS) is 1. The van der Waals surface area contributed by atoms with Crippen molar-refractivity contribution in [2.24, 2.45) is 0 Å². The maximum absolute atomic E-state index is 12.9.